The first-order valence-electron chi connectivity index (χ1n) is 21.6. The fraction of sp³-hybridized carbons (Fsp3) is 0.591. The van der Waals surface area contributed by atoms with Crippen LogP contribution in [0.4, 0.5) is 13.2 Å². The molecular formula is C44H54F3N7O6. The number of fused-ring (bicyclic) bond motifs is 1. The molecule has 5 fully saturated rings. The van der Waals surface area contributed by atoms with Crippen molar-refractivity contribution in [2.75, 3.05) is 58.9 Å². The molecule has 0 spiro atoms. The molecule has 16 heteroatoms. The Morgan fingerprint density at radius 2 is 1.45 bits per heavy atom. The minimum atomic E-state index is -2.98. The number of piperidine rings is 2. The number of aromatic nitrogens is 2. The molecule has 60 heavy (non-hydrogen) atoms. The number of nitrogens with zero attached hydrogens (tertiary/aromatic N) is 5. The van der Waals surface area contributed by atoms with Crippen molar-refractivity contribution in [3.8, 4) is 0 Å². The van der Waals surface area contributed by atoms with E-state index in [9.17, 15) is 32.8 Å². The number of likely N-dealkylation sites (tertiary alicyclic amines) is 2. The Morgan fingerprint density at radius 3 is 2.12 bits per heavy atom. The second kappa shape index (κ2) is 18.0. The van der Waals surface area contributed by atoms with Gasteiger partial charge in [-0.2, -0.15) is 5.10 Å². The maximum absolute atomic E-state index is 15.0. The third kappa shape index (κ3) is 9.54. The molecule has 3 aromatic rings. The van der Waals surface area contributed by atoms with Gasteiger partial charge in [0, 0.05) is 70.6 Å². The van der Waals surface area contributed by atoms with E-state index in [1.807, 2.05) is 12.1 Å². The van der Waals surface area contributed by atoms with Crippen LogP contribution in [0.3, 0.4) is 0 Å². The summed E-state index contributed by atoms with van der Waals surface area (Å²) in [6, 6.07) is 10.8. The highest BCUT2D eigenvalue weighted by Gasteiger charge is 2.61. The zero-order chi connectivity index (χ0) is 42.0. The molecule has 1 aromatic heterocycles. The molecule has 4 amide bonds. The maximum atomic E-state index is 15.0. The number of piperazine rings is 1. The molecule has 2 aromatic carbocycles. The summed E-state index contributed by atoms with van der Waals surface area (Å²) in [5, 5.41) is 10.7. The predicted octanol–water partition coefficient (Wildman–Crippen LogP) is 4.13. The average molecular weight is 834 g/mol. The zero-order valence-corrected chi connectivity index (χ0v) is 33.9. The van der Waals surface area contributed by atoms with Crippen molar-refractivity contribution in [1.82, 2.24) is 35.1 Å². The maximum Gasteiger partial charge on any atom is 0.272 e. The topological polar surface area (TPSA) is 148 Å². The molecule has 8 rings (SSSR count). The monoisotopic (exact) mass is 833 g/mol. The van der Waals surface area contributed by atoms with Crippen molar-refractivity contribution in [2.24, 2.45) is 11.8 Å². The number of benzene rings is 2. The largest absolute Gasteiger partial charge is 0.375 e. The summed E-state index contributed by atoms with van der Waals surface area (Å²) in [6.07, 6.45) is 7.35. The number of amides is 4. The van der Waals surface area contributed by atoms with E-state index in [1.54, 1.807) is 32.9 Å². The number of halogens is 3. The lowest BCUT2D eigenvalue weighted by Crippen LogP contribution is -2.55. The summed E-state index contributed by atoms with van der Waals surface area (Å²) in [4.78, 5) is 72.6. The van der Waals surface area contributed by atoms with Crippen LogP contribution in [0.5, 0.6) is 0 Å². The smallest absolute Gasteiger partial charge is 0.272 e. The van der Waals surface area contributed by atoms with Crippen molar-refractivity contribution in [3.05, 3.63) is 75.5 Å². The molecular weight excluding hydrogens is 780 g/mol. The van der Waals surface area contributed by atoms with Crippen LogP contribution in [0.25, 0.3) is 10.8 Å². The van der Waals surface area contributed by atoms with Gasteiger partial charge in [0.1, 0.15) is 17.8 Å². The molecule has 3 saturated heterocycles. The highest BCUT2D eigenvalue weighted by molar-refractivity contribution is 5.95. The van der Waals surface area contributed by atoms with Crippen LogP contribution in [-0.2, 0) is 25.5 Å². The zero-order valence-electron chi connectivity index (χ0n) is 33.9. The Labute approximate surface area is 347 Å². The number of rotatable bonds is 11. The van der Waals surface area contributed by atoms with Crippen LogP contribution in [0.1, 0.15) is 85.8 Å². The number of hydrogen-bond acceptors (Lipinski definition) is 8. The lowest BCUT2D eigenvalue weighted by Gasteiger charge is -2.40. The highest BCUT2D eigenvalue weighted by Crippen LogP contribution is 2.48. The summed E-state index contributed by atoms with van der Waals surface area (Å²) in [6.45, 7) is 3.93. The molecule has 13 nitrogen and oxygen atoms in total. The number of nitrogens with one attached hydrogen (secondary N) is 2. The molecule has 5 aliphatic rings. The standard InChI is InChI=1S/C44H54F3N7O6/c45-36-11-10-28(25-37-32-8-4-5-9-33(32)40(56)50-49-37)24-34(36)42(58)54-22-20-52(21-23-54)38(55)27-51-16-12-30(13-17-51)60-31-14-18-53(19-15-31)43(59)39(29-6-2-1-3-7-29)48-41(57)35-26-44(35,46)47/h4-5,8-11,24,29-31,35,39H,1-3,6-7,12-23,25-27H2,(H,48,57)(H,50,56). The first kappa shape index (κ1) is 41.9. The summed E-state index contributed by atoms with van der Waals surface area (Å²) in [7, 11) is 0. The minimum absolute atomic E-state index is 0.0110. The Hall–Kier alpha value is -4.83. The van der Waals surface area contributed by atoms with Gasteiger partial charge in [0.15, 0.2) is 0 Å². The van der Waals surface area contributed by atoms with Gasteiger partial charge in [0.05, 0.1) is 35.4 Å². The van der Waals surface area contributed by atoms with E-state index in [1.165, 1.54) is 12.1 Å². The Morgan fingerprint density at radius 1 is 0.817 bits per heavy atom. The molecule has 322 valence electrons. The van der Waals surface area contributed by atoms with Crippen molar-refractivity contribution in [1.29, 1.82) is 0 Å². The van der Waals surface area contributed by atoms with Gasteiger partial charge in [0.25, 0.3) is 17.4 Å². The van der Waals surface area contributed by atoms with E-state index in [0.29, 0.717) is 80.6 Å². The summed E-state index contributed by atoms with van der Waals surface area (Å²) < 4.78 is 48.8. The van der Waals surface area contributed by atoms with Crippen molar-refractivity contribution >= 4 is 34.4 Å². The molecule has 0 radical (unpaired) electrons. The number of hydrogen-bond donors (Lipinski definition) is 2. The second-order valence-corrected chi connectivity index (χ2v) is 17.2. The number of alkyl halides is 2. The number of aromatic amines is 1. The van der Waals surface area contributed by atoms with E-state index in [4.69, 9.17) is 4.74 Å². The fourth-order valence-electron chi connectivity index (χ4n) is 9.45. The van der Waals surface area contributed by atoms with Gasteiger partial charge in [-0.25, -0.2) is 18.3 Å². The van der Waals surface area contributed by atoms with Crippen molar-refractivity contribution < 1.29 is 37.1 Å². The van der Waals surface area contributed by atoms with E-state index in [-0.39, 0.29) is 60.7 Å². The van der Waals surface area contributed by atoms with Crippen LogP contribution >= 0.6 is 0 Å². The fourth-order valence-corrected chi connectivity index (χ4v) is 9.45. The van der Waals surface area contributed by atoms with Gasteiger partial charge >= 0.3 is 0 Å². The highest BCUT2D eigenvalue weighted by atomic mass is 19.3. The van der Waals surface area contributed by atoms with Gasteiger partial charge in [-0.05, 0) is 68.2 Å². The van der Waals surface area contributed by atoms with Crippen molar-refractivity contribution in [2.45, 2.75) is 94.8 Å². The van der Waals surface area contributed by atoms with Crippen LogP contribution in [0.15, 0.2) is 47.3 Å². The minimum Gasteiger partial charge on any atom is -0.375 e. The Kier molecular flexibility index (Phi) is 12.6. The van der Waals surface area contributed by atoms with Gasteiger partial charge in [-0.15, -0.1) is 0 Å². The number of carbonyl (C=O) groups is 4. The number of carbonyl (C=O) groups excluding carboxylic acids is 4. The molecule has 2 aliphatic carbocycles. The molecule has 2 atom stereocenters. The normalized spacial score (nSPS) is 22.4. The van der Waals surface area contributed by atoms with Crippen LogP contribution in [0, 0.1) is 17.7 Å². The molecule has 3 aliphatic heterocycles. The quantitative estimate of drug-likeness (QED) is 0.293. The van der Waals surface area contributed by atoms with Gasteiger partial charge < -0.3 is 24.8 Å². The first-order valence-corrected chi connectivity index (χ1v) is 21.6. The van der Waals surface area contributed by atoms with E-state index < -0.39 is 41.9 Å². The van der Waals surface area contributed by atoms with Crippen LogP contribution < -0.4 is 10.9 Å². The van der Waals surface area contributed by atoms with Gasteiger partial charge in [-0.1, -0.05) is 43.5 Å². The Bertz CT molecular complexity index is 2120. The molecule has 0 bridgehead atoms. The molecule has 4 heterocycles. The molecule has 2 saturated carbocycles. The van der Waals surface area contributed by atoms with Crippen molar-refractivity contribution in [3.63, 3.8) is 0 Å². The first-order chi connectivity index (χ1) is 28.9. The third-order valence-electron chi connectivity index (χ3n) is 13.2. The average Bonchev–Trinajstić information content (AvgIpc) is 3.92. The lowest BCUT2D eigenvalue weighted by molar-refractivity contribution is -0.142. The summed E-state index contributed by atoms with van der Waals surface area (Å²) >= 11 is 0. The van der Waals surface area contributed by atoms with E-state index in [2.05, 4.69) is 20.4 Å². The molecule has 2 N–H and O–H groups in total. The second-order valence-electron chi connectivity index (χ2n) is 17.2. The van der Waals surface area contributed by atoms with Gasteiger partial charge in [-0.3, -0.25) is 28.9 Å². The van der Waals surface area contributed by atoms with Crippen LogP contribution in [0.2, 0.25) is 0 Å². The summed E-state index contributed by atoms with van der Waals surface area (Å²) in [5.41, 5.74) is 0.957. The Balaban J connectivity index is 0.757. The number of H-pyrrole nitrogens is 1. The SMILES string of the molecule is O=C(NC(C(=O)N1CCC(OC2CCN(CC(=O)N3CCN(C(=O)c4cc(Cc5n[nH]c(=O)c6ccccc56)ccc4F)CC3)CC2)CC1)C1CCCCC1)C1CC1(F)F. The summed E-state index contributed by atoms with van der Waals surface area (Å²) in [5.74, 6) is -6.30. The van der Waals surface area contributed by atoms with Crippen LogP contribution in [-0.4, -0.2) is 137 Å². The van der Waals surface area contributed by atoms with Gasteiger partial charge in [0.2, 0.25) is 17.7 Å². The molecule has 2 unspecified atom stereocenters. The third-order valence-corrected chi connectivity index (χ3v) is 13.2. The lowest BCUT2D eigenvalue weighted by atomic mass is 9.83. The van der Waals surface area contributed by atoms with E-state index in [0.717, 1.165) is 44.9 Å². The number of ether oxygens (including phenoxy) is 1. The predicted molar refractivity (Wildman–Crippen MR) is 216 cm³/mol. The van der Waals surface area contributed by atoms with E-state index >= 15 is 4.39 Å².